The summed E-state index contributed by atoms with van der Waals surface area (Å²) < 4.78 is 5.67. The Kier molecular flexibility index (Phi) is 4.08. The first kappa shape index (κ1) is 14.1. The number of hydrogen-bond acceptors (Lipinski definition) is 3. The lowest BCUT2D eigenvalue weighted by Crippen LogP contribution is -2.36. The van der Waals surface area contributed by atoms with Crippen LogP contribution in [0.15, 0.2) is 30.9 Å². The highest BCUT2D eigenvalue weighted by atomic mass is 16.5. The predicted octanol–water partition coefficient (Wildman–Crippen LogP) is 2.16. The van der Waals surface area contributed by atoms with E-state index in [1.165, 1.54) is 6.08 Å². The minimum atomic E-state index is -0.462. The summed E-state index contributed by atoms with van der Waals surface area (Å²) in [7, 11) is 0. The van der Waals surface area contributed by atoms with Crippen molar-refractivity contribution in [1.29, 1.82) is 0 Å². The molecule has 0 unspecified atom stereocenters. The van der Waals surface area contributed by atoms with Gasteiger partial charge in [0.25, 0.3) is 5.91 Å². The zero-order valence-electron chi connectivity index (χ0n) is 11.6. The standard InChI is InChI=1S/C15H18N2O3/c1-4-12-15(19)17-11-7-6-10(8-13(11)20-12)9(3)16-14(18)5-2/h5-9,12H,2,4H2,1,3H3,(H,16,18)(H,17,19)/t9-,12+/m1/s1. The van der Waals surface area contributed by atoms with Crippen LogP contribution in [0.2, 0.25) is 0 Å². The molecule has 5 heteroatoms. The Balaban J connectivity index is 2.21. The second kappa shape index (κ2) is 5.77. The van der Waals surface area contributed by atoms with E-state index in [-0.39, 0.29) is 17.9 Å². The smallest absolute Gasteiger partial charge is 0.265 e. The van der Waals surface area contributed by atoms with E-state index in [0.717, 1.165) is 5.56 Å². The van der Waals surface area contributed by atoms with E-state index in [2.05, 4.69) is 17.2 Å². The van der Waals surface area contributed by atoms with Crippen molar-refractivity contribution in [1.82, 2.24) is 5.32 Å². The summed E-state index contributed by atoms with van der Waals surface area (Å²) in [6.07, 6.45) is 1.38. The Morgan fingerprint density at radius 2 is 2.35 bits per heavy atom. The predicted molar refractivity (Wildman–Crippen MR) is 76.5 cm³/mol. The number of carbonyl (C=O) groups excluding carboxylic acids is 2. The molecule has 106 valence electrons. The van der Waals surface area contributed by atoms with Crippen molar-refractivity contribution in [3.63, 3.8) is 0 Å². The van der Waals surface area contributed by atoms with Crippen LogP contribution in [0.25, 0.3) is 0 Å². The number of amides is 2. The highest BCUT2D eigenvalue weighted by molar-refractivity contribution is 5.97. The van der Waals surface area contributed by atoms with Crippen LogP contribution in [-0.2, 0) is 9.59 Å². The minimum absolute atomic E-state index is 0.124. The van der Waals surface area contributed by atoms with E-state index >= 15 is 0 Å². The van der Waals surface area contributed by atoms with Gasteiger partial charge in [0.1, 0.15) is 5.75 Å². The van der Waals surface area contributed by atoms with Crippen molar-refractivity contribution in [2.75, 3.05) is 5.32 Å². The lowest BCUT2D eigenvalue weighted by molar-refractivity contribution is -0.123. The molecular weight excluding hydrogens is 256 g/mol. The monoisotopic (exact) mass is 274 g/mol. The maximum Gasteiger partial charge on any atom is 0.265 e. The van der Waals surface area contributed by atoms with Gasteiger partial charge < -0.3 is 15.4 Å². The van der Waals surface area contributed by atoms with Gasteiger partial charge in [-0.2, -0.15) is 0 Å². The van der Waals surface area contributed by atoms with E-state index in [9.17, 15) is 9.59 Å². The molecule has 2 rings (SSSR count). The third kappa shape index (κ3) is 2.82. The van der Waals surface area contributed by atoms with E-state index in [1.807, 2.05) is 26.0 Å². The SMILES string of the molecule is C=CC(=O)N[C@H](C)c1ccc2c(c1)O[C@@H](CC)C(=O)N2. The highest BCUT2D eigenvalue weighted by Gasteiger charge is 2.26. The van der Waals surface area contributed by atoms with Gasteiger partial charge in [-0.05, 0) is 37.1 Å². The average molecular weight is 274 g/mol. The van der Waals surface area contributed by atoms with Gasteiger partial charge in [0.05, 0.1) is 11.7 Å². The fourth-order valence-corrected chi connectivity index (χ4v) is 2.05. The molecule has 2 N–H and O–H groups in total. The second-order valence-corrected chi connectivity index (χ2v) is 4.69. The largest absolute Gasteiger partial charge is 0.478 e. The maximum absolute atomic E-state index is 11.7. The summed E-state index contributed by atoms with van der Waals surface area (Å²) in [6, 6.07) is 5.31. The molecule has 20 heavy (non-hydrogen) atoms. The second-order valence-electron chi connectivity index (χ2n) is 4.69. The maximum atomic E-state index is 11.7. The topological polar surface area (TPSA) is 67.4 Å². The Hall–Kier alpha value is -2.30. The van der Waals surface area contributed by atoms with Crippen molar-refractivity contribution in [2.24, 2.45) is 0 Å². The van der Waals surface area contributed by atoms with Crippen LogP contribution >= 0.6 is 0 Å². The molecule has 0 aromatic heterocycles. The summed E-state index contributed by atoms with van der Waals surface area (Å²) >= 11 is 0. The van der Waals surface area contributed by atoms with Crippen molar-refractivity contribution in [2.45, 2.75) is 32.4 Å². The molecule has 2 amide bonds. The van der Waals surface area contributed by atoms with E-state index < -0.39 is 6.10 Å². The molecule has 0 radical (unpaired) electrons. The molecular formula is C15H18N2O3. The van der Waals surface area contributed by atoms with Gasteiger partial charge in [-0.1, -0.05) is 19.6 Å². The van der Waals surface area contributed by atoms with Crippen LogP contribution in [0, 0.1) is 0 Å². The normalized spacial score (nSPS) is 18.3. The molecule has 1 heterocycles. The summed E-state index contributed by atoms with van der Waals surface area (Å²) in [4.78, 5) is 23.0. The van der Waals surface area contributed by atoms with Crippen molar-refractivity contribution in [3.05, 3.63) is 36.4 Å². The van der Waals surface area contributed by atoms with Crippen molar-refractivity contribution < 1.29 is 14.3 Å². The Morgan fingerprint density at radius 3 is 3.00 bits per heavy atom. The van der Waals surface area contributed by atoms with Crippen LogP contribution < -0.4 is 15.4 Å². The summed E-state index contributed by atoms with van der Waals surface area (Å²) in [5.41, 5.74) is 1.57. The van der Waals surface area contributed by atoms with Crippen molar-refractivity contribution >= 4 is 17.5 Å². The van der Waals surface area contributed by atoms with Crippen LogP contribution in [0.1, 0.15) is 31.9 Å². The van der Waals surface area contributed by atoms with Gasteiger partial charge in [-0.15, -0.1) is 0 Å². The number of hydrogen-bond donors (Lipinski definition) is 2. The minimum Gasteiger partial charge on any atom is -0.478 e. The summed E-state index contributed by atoms with van der Waals surface area (Å²) in [6.45, 7) is 7.19. The number of fused-ring (bicyclic) bond motifs is 1. The Labute approximate surface area is 118 Å². The molecule has 5 nitrogen and oxygen atoms in total. The fourth-order valence-electron chi connectivity index (χ4n) is 2.05. The molecule has 1 aliphatic rings. The molecule has 1 aromatic carbocycles. The number of anilines is 1. The Morgan fingerprint density at radius 1 is 1.60 bits per heavy atom. The molecule has 1 aromatic rings. The molecule has 0 saturated carbocycles. The van der Waals surface area contributed by atoms with Gasteiger partial charge >= 0.3 is 0 Å². The zero-order valence-corrected chi connectivity index (χ0v) is 11.6. The fraction of sp³-hybridized carbons (Fsp3) is 0.333. The molecule has 0 fully saturated rings. The lowest BCUT2D eigenvalue weighted by Gasteiger charge is -2.26. The number of ether oxygens (including phenoxy) is 1. The first-order valence-corrected chi connectivity index (χ1v) is 6.59. The van der Waals surface area contributed by atoms with Gasteiger partial charge in [-0.25, -0.2) is 0 Å². The number of carbonyl (C=O) groups is 2. The first-order chi connectivity index (χ1) is 9.55. The molecule has 0 aliphatic carbocycles. The van der Waals surface area contributed by atoms with E-state index in [4.69, 9.17) is 4.74 Å². The average Bonchev–Trinajstić information content (AvgIpc) is 2.45. The van der Waals surface area contributed by atoms with Crippen LogP contribution in [-0.4, -0.2) is 17.9 Å². The summed E-state index contributed by atoms with van der Waals surface area (Å²) in [5, 5.41) is 5.60. The summed E-state index contributed by atoms with van der Waals surface area (Å²) in [5.74, 6) is 0.283. The number of benzene rings is 1. The van der Waals surface area contributed by atoms with Crippen LogP contribution in [0.4, 0.5) is 5.69 Å². The van der Waals surface area contributed by atoms with Crippen LogP contribution in [0.5, 0.6) is 5.75 Å². The van der Waals surface area contributed by atoms with E-state index in [1.54, 1.807) is 6.07 Å². The molecule has 1 aliphatic heterocycles. The van der Waals surface area contributed by atoms with Gasteiger partial charge in [-0.3, -0.25) is 9.59 Å². The number of nitrogens with one attached hydrogen (secondary N) is 2. The highest BCUT2D eigenvalue weighted by Crippen LogP contribution is 2.32. The lowest BCUT2D eigenvalue weighted by atomic mass is 10.1. The Bertz CT molecular complexity index is 554. The van der Waals surface area contributed by atoms with Crippen LogP contribution in [0.3, 0.4) is 0 Å². The van der Waals surface area contributed by atoms with E-state index in [0.29, 0.717) is 17.9 Å². The molecule has 0 bridgehead atoms. The third-order valence-electron chi connectivity index (χ3n) is 3.24. The van der Waals surface area contributed by atoms with Gasteiger partial charge in [0.15, 0.2) is 6.10 Å². The quantitative estimate of drug-likeness (QED) is 0.827. The van der Waals surface area contributed by atoms with Gasteiger partial charge in [0.2, 0.25) is 5.91 Å². The van der Waals surface area contributed by atoms with Gasteiger partial charge in [0, 0.05) is 0 Å². The van der Waals surface area contributed by atoms with Crippen molar-refractivity contribution in [3.8, 4) is 5.75 Å². The number of rotatable bonds is 4. The molecule has 2 atom stereocenters. The molecule has 0 saturated heterocycles. The first-order valence-electron chi connectivity index (χ1n) is 6.59. The molecule has 0 spiro atoms. The third-order valence-corrected chi connectivity index (χ3v) is 3.24. The zero-order chi connectivity index (χ0) is 14.7.